The zero-order chi connectivity index (χ0) is 37.2. The molecule has 0 spiro atoms. The average molecular weight is 725 g/mol. The van der Waals surface area contributed by atoms with Crippen LogP contribution in [0.2, 0.25) is 0 Å². The van der Waals surface area contributed by atoms with Gasteiger partial charge in [0.2, 0.25) is 0 Å². The van der Waals surface area contributed by atoms with Gasteiger partial charge in [-0.3, -0.25) is 0 Å². The highest BCUT2D eigenvalue weighted by molar-refractivity contribution is 7.26. The standard InChI is InChI=1S/C51H41BN2S/c1-50(2,3)35-27-28-42(38(31-35)33-19-10-7-11-20-33)53-44-30-34(32-17-8-6-9-18-32)29-39-36-22-16-24-41-48(36)54(43-25-14-13-23-40(43)51(41,4)5)52(46(39)44)47-37-21-12-15-26-45(37)55-49(47)53/h6-31H,1-5H3. The molecule has 0 atom stereocenters. The van der Waals surface area contributed by atoms with Crippen molar-refractivity contribution >= 4 is 66.9 Å². The van der Waals surface area contributed by atoms with E-state index in [2.05, 4.69) is 202 Å². The lowest BCUT2D eigenvalue weighted by Gasteiger charge is -2.51. The van der Waals surface area contributed by atoms with Crippen LogP contribution in [-0.2, 0) is 10.8 Å². The van der Waals surface area contributed by atoms with E-state index in [-0.39, 0.29) is 17.7 Å². The van der Waals surface area contributed by atoms with Crippen LogP contribution in [0.4, 0.5) is 27.8 Å². The van der Waals surface area contributed by atoms with Gasteiger partial charge in [0.15, 0.2) is 0 Å². The Balaban J connectivity index is 1.31. The van der Waals surface area contributed by atoms with Gasteiger partial charge < -0.3 is 9.71 Å². The molecule has 2 nitrogen and oxygen atoms in total. The Bertz CT molecular complexity index is 2850. The highest BCUT2D eigenvalue weighted by Gasteiger charge is 2.51. The monoisotopic (exact) mass is 724 g/mol. The van der Waals surface area contributed by atoms with Crippen molar-refractivity contribution in [2.75, 3.05) is 9.71 Å². The van der Waals surface area contributed by atoms with Crippen molar-refractivity contribution in [2.45, 2.75) is 45.4 Å². The van der Waals surface area contributed by atoms with E-state index in [0.29, 0.717) is 0 Å². The number of nitrogens with zero attached hydrogens (tertiary/aromatic N) is 2. The van der Waals surface area contributed by atoms with Crippen molar-refractivity contribution in [3.63, 3.8) is 0 Å². The van der Waals surface area contributed by atoms with Crippen LogP contribution in [0.1, 0.15) is 51.3 Å². The molecule has 8 aromatic rings. The molecule has 0 aliphatic carbocycles. The van der Waals surface area contributed by atoms with E-state index < -0.39 is 0 Å². The fraction of sp³-hybridized carbons (Fsp3) is 0.137. The molecule has 0 bridgehead atoms. The molecule has 0 saturated carbocycles. The molecule has 3 aliphatic heterocycles. The molecule has 0 N–H and O–H groups in total. The van der Waals surface area contributed by atoms with Gasteiger partial charge in [-0.1, -0.05) is 156 Å². The summed E-state index contributed by atoms with van der Waals surface area (Å²) in [5, 5.41) is 2.62. The molecule has 0 unspecified atom stereocenters. The normalized spacial score (nSPS) is 14.7. The van der Waals surface area contributed by atoms with Gasteiger partial charge in [-0.05, 0) is 97.1 Å². The van der Waals surface area contributed by atoms with Gasteiger partial charge >= 0.3 is 6.85 Å². The number of fused-ring (bicyclic) bond motifs is 8. The number of benzene rings is 7. The van der Waals surface area contributed by atoms with Gasteiger partial charge in [-0.2, -0.15) is 0 Å². The quantitative estimate of drug-likeness (QED) is 0.167. The van der Waals surface area contributed by atoms with Crippen molar-refractivity contribution in [1.82, 2.24) is 0 Å². The third kappa shape index (κ3) is 4.61. The summed E-state index contributed by atoms with van der Waals surface area (Å²) in [6.45, 7) is 11.7. The van der Waals surface area contributed by atoms with Crippen molar-refractivity contribution < 1.29 is 0 Å². The first-order valence-corrected chi connectivity index (χ1v) is 20.3. The summed E-state index contributed by atoms with van der Waals surface area (Å²) >= 11 is 1.93. The Morgan fingerprint density at radius 1 is 0.527 bits per heavy atom. The molecule has 1 aromatic heterocycles. The summed E-state index contributed by atoms with van der Waals surface area (Å²) in [4.78, 5) is 5.35. The number of thiophene rings is 1. The number of anilines is 5. The molecule has 264 valence electrons. The summed E-state index contributed by atoms with van der Waals surface area (Å²) in [5.41, 5.74) is 19.3. The number of hydrogen-bond donors (Lipinski definition) is 0. The van der Waals surface area contributed by atoms with Crippen LogP contribution in [0.15, 0.2) is 158 Å². The first-order chi connectivity index (χ1) is 26.7. The maximum absolute atomic E-state index is 2.72. The number of para-hydroxylation sites is 2. The minimum Gasteiger partial charge on any atom is -0.376 e. The third-order valence-corrected chi connectivity index (χ3v) is 13.6. The average Bonchev–Trinajstić information content (AvgIpc) is 3.60. The second-order valence-corrected chi connectivity index (χ2v) is 18.0. The second kappa shape index (κ2) is 11.6. The predicted molar refractivity (Wildman–Crippen MR) is 237 cm³/mol. The highest BCUT2D eigenvalue weighted by atomic mass is 32.1. The lowest BCUT2D eigenvalue weighted by Crippen LogP contribution is -2.62. The lowest BCUT2D eigenvalue weighted by molar-refractivity contribution is 0.590. The molecule has 0 saturated heterocycles. The van der Waals surface area contributed by atoms with E-state index in [1.165, 1.54) is 98.8 Å². The number of hydrogen-bond acceptors (Lipinski definition) is 3. The fourth-order valence-corrected chi connectivity index (χ4v) is 10.9. The van der Waals surface area contributed by atoms with Crippen molar-refractivity contribution in [3.8, 4) is 33.4 Å². The zero-order valence-electron chi connectivity index (χ0n) is 31.9. The van der Waals surface area contributed by atoms with Crippen molar-refractivity contribution in [2.24, 2.45) is 0 Å². The van der Waals surface area contributed by atoms with Gasteiger partial charge in [0.25, 0.3) is 0 Å². The van der Waals surface area contributed by atoms with Crippen LogP contribution in [0.25, 0.3) is 43.5 Å². The van der Waals surface area contributed by atoms with Crippen LogP contribution in [0.3, 0.4) is 0 Å². The molecule has 4 heteroatoms. The van der Waals surface area contributed by atoms with Crippen molar-refractivity contribution in [1.29, 1.82) is 0 Å². The third-order valence-electron chi connectivity index (χ3n) is 12.4. The van der Waals surface area contributed by atoms with Crippen LogP contribution in [0, 0.1) is 0 Å². The van der Waals surface area contributed by atoms with Crippen LogP contribution in [0.5, 0.6) is 0 Å². The molecular formula is C51H41BN2S. The van der Waals surface area contributed by atoms with Gasteiger partial charge in [0, 0.05) is 38.3 Å². The lowest BCUT2D eigenvalue weighted by atomic mass is 9.42. The van der Waals surface area contributed by atoms with E-state index in [1.807, 2.05) is 11.3 Å². The van der Waals surface area contributed by atoms with Gasteiger partial charge in [0.1, 0.15) is 0 Å². The fourth-order valence-electron chi connectivity index (χ4n) is 9.68. The smallest absolute Gasteiger partial charge is 0.334 e. The topological polar surface area (TPSA) is 6.48 Å². The van der Waals surface area contributed by atoms with E-state index in [0.717, 1.165) is 0 Å². The molecule has 0 fully saturated rings. The highest BCUT2D eigenvalue weighted by Crippen LogP contribution is 2.57. The van der Waals surface area contributed by atoms with E-state index >= 15 is 0 Å². The maximum Gasteiger partial charge on any atom is 0.334 e. The zero-order valence-corrected chi connectivity index (χ0v) is 32.7. The Hall–Kier alpha value is -5.84. The molecule has 0 radical (unpaired) electrons. The largest absolute Gasteiger partial charge is 0.376 e. The van der Waals surface area contributed by atoms with Gasteiger partial charge in [-0.25, -0.2) is 0 Å². The molecule has 0 amide bonds. The maximum atomic E-state index is 2.72. The summed E-state index contributed by atoms with van der Waals surface area (Å²) in [6, 6.07) is 59.4. The van der Waals surface area contributed by atoms with Gasteiger partial charge in [-0.15, -0.1) is 11.3 Å². The second-order valence-electron chi connectivity index (χ2n) is 16.9. The molecule has 7 aromatic carbocycles. The first-order valence-electron chi connectivity index (χ1n) is 19.5. The Morgan fingerprint density at radius 3 is 2.00 bits per heavy atom. The molecule has 11 rings (SSSR count). The minimum absolute atomic E-state index is 0.00106. The minimum atomic E-state index is -0.157. The van der Waals surface area contributed by atoms with Crippen LogP contribution < -0.4 is 20.6 Å². The molecule has 4 heterocycles. The van der Waals surface area contributed by atoms with Crippen LogP contribution >= 0.6 is 11.3 Å². The molecule has 3 aliphatic rings. The SMILES string of the molecule is CC(C)(C)c1ccc(N2c3cc(-c4ccccc4)cc4c3B(c3c2sc2ccccc32)N2c3ccccc3C(C)(C)c3cccc-4c32)c(-c2ccccc2)c1. The first kappa shape index (κ1) is 32.6. The number of rotatable bonds is 3. The summed E-state index contributed by atoms with van der Waals surface area (Å²) in [6.07, 6.45) is 0. The van der Waals surface area contributed by atoms with Crippen molar-refractivity contribution in [3.05, 3.63) is 174 Å². The predicted octanol–water partition coefficient (Wildman–Crippen LogP) is 12.9. The summed E-state index contributed by atoms with van der Waals surface area (Å²) in [5.74, 6) is 0. The van der Waals surface area contributed by atoms with Crippen LogP contribution in [-0.4, -0.2) is 6.85 Å². The molecule has 55 heavy (non-hydrogen) atoms. The van der Waals surface area contributed by atoms with Gasteiger partial charge in [0.05, 0.1) is 10.7 Å². The molecular weight excluding hydrogens is 683 g/mol. The van der Waals surface area contributed by atoms with E-state index in [1.54, 1.807) is 0 Å². The Morgan fingerprint density at radius 2 is 1.22 bits per heavy atom. The van der Waals surface area contributed by atoms with E-state index in [9.17, 15) is 0 Å². The Labute approximate surface area is 328 Å². The van der Waals surface area contributed by atoms with E-state index in [4.69, 9.17) is 0 Å². The summed E-state index contributed by atoms with van der Waals surface area (Å²) < 4.78 is 1.31. The summed E-state index contributed by atoms with van der Waals surface area (Å²) in [7, 11) is 0. The Kier molecular flexibility index (Phi) is 6.86.